The van der Waals surface area contributed by atoms with Crippen LogP contribution in [0.2, 0.25) is 0 Å². The van der Waals surface area contributed by atoms with Crippen LogP contribution in [0.1, 0.15) is 59.3 Å². The minimum absolute atomic E-state index is 0.0847. The molecule has 0 aromatic rings. The van der Waals surface area contributed by atoms with Gasteiger partial charge in [-0.1, -0.05) is 33.6 Å². The lowest BCUT2D eigenvalue weighted by Gasteiger charge is -2.40. The van der Waals surface area contributed by atoms with Crippen molar-refractivity contribution in [3.63, 3.8) is 0 Å². The second-order valence-corrected chi connectivity index (χ2v) is 6.62. The maximum atomic E-state index is 10.2. The molecule has 0 saturated heterocycles. The van der Waals surface area contributed by atoms with Crippen LogP contribution in [0.5, 0.6) is 0 Å². The largest absolute Gasteiger partial charge is 0.390 e. The van der Waals surface area contributed by atoms with E-state index in [0.29, 0.717) is 17.9 Å². The fourth-order valence-electron chi connectivity index (χ4n) is 3.74. The van der Waals surface area contributed by atoms with Crippen molar-refractivity contribution in [3.8, 4) is 0 Å². The molecule has 0 amide bonds. The van der Waals surface area contributed by atoms with Gasteiger partial charge in [-0.2, -0.15) is 0 Å². The van der Waals surface area contributed by atoms with E-state index in [2.05, 4.69) is 20.8 Å². The molecule has 2 aliphatic carbocycles. The van der Waals surface area contributed by atoms with Crippen LogP contribution in [0.25, 0.3) is 0 Å². The molecule has 0 spiro atoms. The highest BCUT2D eigenvalue weighted by Gasteiger charge is 2.35. The quantitative estimate of drug-likeness (QED) is 0.802. The molecule has 2 rings (SSSR count). The van der Waals surface area contributed by atoms with Gasteiger partial charge in [0.05, 0.1) is 18.3 Å². The van der Waals surface area contributed by atoms with Gasteiger partial charge in [0.15, 0.2) is 0 Å². The Morgan fingerprint density at radius 3 is 2.35 bits per heavy atom. The van der Waals surface area contributed by atoms with Gasteiger partial charge in [-0.05, 0) is 43.4 Å². The Hall–Kier alpha value is -0.0800. The zero-order valence-electron chi connectivity index (χ0n) is 11.6. The van der Waals surface area contributed by atoms with Crippen molar-refractivity contribution in [1.29, 1.82) is 0 Å². The van der Waals surface area contributed by atoms with E-state index in [9.17, 15) is 5.11 Å². The standard InChI is InChI=1S/C15H28O2/c1-10-5-4-6-13(8-10)17-15-12(3)7-11(2)9-14(15)16/h10-16H,4-9H2,1-3H3. The number of hydrogen-bond donors (Lipinski definition) is 1. The van der Waals surface area contributed by atoms with E-state index in [0.717, 1.165) is 12.3 Å². The third kappa shape index (κ3) is 3.45. The van der Waals surface area contributed by atoms with Crippen LogP contribution >= 0.6 is 0 Å². The van der Waals surface area contributed by atoms with Crippen LogP contribution in [0.4, 0.5) is 0 Å². The number of aliphatic hydroxyl groups is 1. The van der Waals surface area contributed by atoms with Crippen molar-refractivity contribution < 1.29 is 9.84 Å². The summed E-state index contributed by atoms with van der Waals surface area (Å²) >= 11 is 0. The Kier molecular flexibility index (Phi) is 4.48. The first kappa shape index (κ1) is 13.4. The van der Waals surface area contributed by atoms with Gasteiger partial charge < -0.3 is 9.84 Å². The highest BCUT2D eigenvalue weighted by molar-refractivity contribution is 4.85. The molecule has 6 unspecified atom stereocenters. The lowest BCUT2D eigenvalue weighted by molar-refractivity contribution is -0.136. The summed E-state index contributed by atoms with van der Waals surface area (Å²) in [6, 6.07) is 0. The van der Waals surface area contributed by atoms with E-state index in [1.165, 1.54) is 32.1 Å². The molecule has 2 fully saturated rings. The molecule has 0 bridgehead atoms. The summed E-state index contributed by atoms with van der Waals surface area (Å²) in [6.07, 6.45) is 7.36. The molecule has 6 atom stereocenters. The Balaban J connectivity index is 1.88. The monoisotopic (exact) mass is 240 g/mol. The molecular weight excluding hydrogens is 212 g/mol. The van der Waals surface area contributed by atoms with Gasteiger partial charge in [0.2, 0.25) is 0 Å². The predicted octanol–water partition coefficient (Wildman–Crippen LogP) is 3.38. The molecule has 0 aliphatic heterocycles. The summed E-state index contributed by atoms with van der Waals surface area (Å²) < 4.78 is 6.23. The summed E-state index contributed by atoms with van der Waals surface area (Å²) in [4.78, 5) is 0. The molecule has 2 heteroatoms. The number of aliphatic hydroxyl groups excluding tert-OH is 1. The van der Waals surface area contributed by atoms with Crippen LogP contribution in [-0.2, 0) is 4.74 Å². The van der Waals surface area contributed by atoms with Crippen molar-refractivity contribution in [3.05, 3.63) is 0 Å². The number of ether oxygens (including phenoxy) is 1. The second kappa shape index (κ2) is 5.71. The molecule has 0 aromatic heterocycles. The van der Waals surface area contributed by atoms with Gasteiger partial charge in [0, 0.05) is 0 Å². The highest BCUT2D eigenvalue weighted by Crippen LogP contribution is 2.34. The van der Waals surface area contributed by atoms with Gasteiger partial charge >= 0.3 is 0 Å². The smallest absolute Gasteiger partial charge is 0.0863 e. The average molecular weight is 240 g/mol. The van der Waals surface area contributed by atoms with Gasteiger partial charge in [-0.15, -0.1) is 0 Å². The number of rotatable bonds is 2. The van der Waals surface area contributed by atoms with Crippen LogP contribution in [-0.4, -0.2) is 23.4 Å². The van der Waals surface area contributed by atoms with E-state index < -0.39 is 0 Å². The van der Waals surface area contributed by atoms with Crippen LogP contribution in [0, 0.1) is 17.8 Å². The second-order valence-electron chi connectivity index (χ2n) is 6.62. The maximum absolute atomic E-state index is 10.2. The van der Waals surface area contributed by atoms with E-state index in [1.54, 1.807) is 0 Å². The molecular formula is C15H28O2. The summed E-state index contributed by atoms with van der Waals surface area (Å²) in [5, 5.41) is 10.2. The molecule has 2 nitrogen and oxygen atoms in total. The number of hydrogen-bond acceptors (Lipinski definition) is 2. The van der Waals surface area contributed by atoms with Gasteiger partial charge in [-0.3, -0.25) is 0 Å². The van der Waals surface area contributed by atoms with Crippen LogP contribution in [0.3, 0.4) is 0 Å². The lowest BCUT2D eigenvalue weighted by atomic mass is 9.79. The molecule has 2 aliphatic rings. The first-order chi connectivity index (χ1) is 8.06. The van der Waals surface area contributed by atoms with E-state index in [-0.39, 0.29) is 12.2 Å². The van der Waals surface area contributed by atoms with E-state index in [1.807, 2.05) is 0 Å². The Morgan fingerprint density at radius 2 is 1.71 bits per heavy atom. The Labute approximate surface area is 106 Å². The minimum Gasteiger partial charge on any atom is -0.390 e. The molecule has 1 N–H and O–H groups in total. The third-order valence-corrected chi connectivity index (χ3v) is 4.60. The zero-order chi connectivity index (χ0) is 12.4. The maximum Gasteiger partial charge on any atom is 0.0863 e. The summed E-state index contributed by atoms with van der Waals surface area (Å²) in [7, 11) is 0. The highest BCUT2D eigenvalue weighted by atomic mass is 16.5. The molecule has 2 saturated carbocycles. The normalized spacial score (nSPS) is 48.0. The van der Waals surface area contributed by atoms with Crippen molar-refractivity contribution in [2.45, 2.75) is 77.6 Å². The molecule has 0 heterocycles. The third-order valence-electron chi connectivity index (χ3n) is 4.60. The molecule has 100 valence electrons. The molecule has 17 heavy (non-hydrogen) atoms. The SMILES string of the molecule is CC1CCCC(OC2C(C)CC(C)CC2O)C1. The zero-order valence-corrected chi connectivity index (χ0v) is 11.6. The van der Waals surface area contributed by atoms with Crippen molar-refractivity contribution in [2.75, 3.05) is 0 Å². The predicted molar refractivity (Wildman–Crippen MR) is 69.9 cm³/mol. The van der Waals surface area contributed by atoms with Crippen molar-refractivity contribution >= 4 is 0 Å². The van der Waals surface area contributed by atoms with E-state index >= 15 is 0 Å². The first-order valence-electron chi connectivity index (χ1n) is 7.39. The lowest BCUT2D eigenvalue weighted by Crippen LogP contribution is -2.43. The topological polar surface area (TPSA) is 29.5 Å². The fourth-order valence-corrected chi connectivity index (χ4v) is 3.74. The first-order valence-corrected chi connectivity index (χ1v) is 7.39. The van der Waals surface area contributed by atoms with Crippen LogP contribution < -0.4 is 0 Å². The van der Waals surface area contributed by atoms with Gasteiger partial charge in [0.1, 0.15) is 0 Å². The van der Waals surface area contributed by atoms with Crippen molar-refractivity contribution in [2.24, 2.45) is 17.8 Å². The Morgan fingerprint density at radius 1 is 0.941 bits per heavy atom. The van der Waals surface area contributed by atoms with Gasteiger partial charge in [-0.25, -0.2) is 0 Å². The molecule has 0 aromatic carbocycles. The summed E-state index contributed by atoms with van der Waals surface area (Å²) in [5.74, 6) is 1.94. The van der Waals surface area contributed by atoms with Crippen LogP contribution in [0.15, 0.2) is 0 Å². The molecule has 0 radical (unpaired) electrons. The minimum atomic E-state index is -0.244. The summed E-state index contributed by atoms with van der Waals surface area (Å²) in [6.45, 7) is 6.78. The average Bonchev–Trinajstić information content (AvgIpc) is 2.23. The Bertz CT molecular complexity index is 229. The summed E-state index contributed by atoms with van der Waals surface area (Å²) in [5.41, 5.74) is 0. The van der Waals surface area contributed by atoms with Crippen molar-refractivity contribution in [1.82, 2.24) is 0 Å². The fraction of sp³-hybridized carbons (Fsp3) is 1.00. The van der Waals surface area contributed by atoms with E-state index in [4.69, 9.17) is 4.74 Å². The van der Waals surface area contributed by atoms with Gasteiger partial charge in [0.25, 0.3) is 0 Å².